The van der Waals surface area contributed by atoms with E-state index in [0.717, 1.165) is 25.3 Å². The van der Waals surface area contributed by atoms with E-state index in [1.54, 1.807) is 31.2 Å². The van der Waals surface area contributed by atoms with Crippen molar-refractivity contribution in [2.24, 2.45) is 0 Å². The fourth-order valence-electron chi connectivity index (χ4n) is 2.62. The topological polar surface area (TPSA) is 70.7 Å². The van der Waals surface area contributed by atoms with Gasteiger partial charge in [-0.1, -0.05) is 13.3 Å². The summed E-state index contributed by atoms with van der Waals surface area (Å²) in [7, 11) is 0. The molecule has 1 heterocycles. The molecule has 0 atom stereocenters. The van der Waals surface area contributed by atoms with Gasteiger partial charge >= 0.3 is 0 Å². The number of amides is 2. The second kappa shape index (κ2) is 9.93. The molecule has 6 heteroatoms. The minimum atomic E-state index is -0.115. The molecule has 0 saturated carbocycles. The summed E-state index contributed by atoms with van der Waals surface area (Å²) in [5.74, 6) is 0.461. The predicted molar refractivity (Wildman–Crippen MR) is 94.2 cm³/mol. The highest BCUT2D eigenvalue weighted by molar-refractivity contribution is 5.90. The number of ether oxygens (including phenoxy) is 1. The van der Waals surface area contributed by atoms with Crippen molar-refractivity contribution < 1.29 is 14.3 Å². The fourth-order valence-corrected chi connectivity index (χ4v) is 2.62. The lowest BCUT2D eigenvalue weighted by Crippen LogP contribution is -2.39. The number of nitrogens with zero attached hydrogens (tertiary/aromatic N) is 1. The molecule has 0 aromatic heterocycles. The summed E-state index contributed by atoms with van der Waals surface area (Å²) in [6.07, 6.45) is 4.27. The lowest BCUT2D eigenvalue weighted by molar-refractivity contribution is -0.123. The number of benzene rings is 1. The Morgan fingerprint density at radius 1 is 1.08 bits per heavy atom. The molecule has 132 valence electrons. The highest BCUT2D eigenvalue weighted by Crippen LogP contribution is 2.15. The van der Waals surface area contributed by atoms with Crippen molar-refractivity contribution >= 4 is 17.5 Å². The van der Waals surface area contributed by atoms with Gasteiger partial charge in [-0.2, -0.15) is 0 Å². The lowest BCUT2D eigenvalue weighted by Gasteiger charge is -2.26. The Hall–Kier alpha value is -2.08. The second-order valence-electron chi connectivity index (χ2n) is 5.97. The number of carbonyl (C=O) groups is 2. The Morgan fingerprint density at radius 2 is 1.79 bits per heavy atom. The Balaban J connectivity index is 1.63. The van der Waals surface area contributed by atoms with Gasteiger partial charge in [0.1, 0.15) is 5.75 Å². The molecule has 0 bridgehead atoms. The number of anilines is 1. The Kier molecular flexibility index (Phi) is 7.55. The van der Waals surface area contributed by atoms with Gasteiger partial charge in [0.2, 0.25) is 5.91 Å². The minimum Gasteiger partial charge on any atom is -0.484 e. The van der Waals surface area contributed by atoms with Crippen LogP contribution in [0.3, 0.4) is 0 Å². The number of piperidine rings is 1. The summed E-state index contributed by atoms with van der Waals surface area (Å²) in [5, 5.41) is 5.65. The van der Waals surface area contributed by atoms with Crippen LogP contribution in [0.25, 0.3) is 0 Å². The van der Waals surface area contributed by atoms with E-state index >= 15 is 0 Å². The van der Waals surface area contributed by atoms with Crippen molar-refractivity contribution in [3.63, 3.8) is 0 Å². The number of carbonyl (C=O) groups excluding carboxylic acids is 2. The third-order valence-electron chi connectivity index (χ3n) is 4.03. The smallest absolute Gasteiger partial charge is 0.257 e. The average molecular weight is 333 g/mol. The van der Waals surface area contributed by atoms with Gasteiger partial charge in [0.05, 0.1) is 0 Å². The zero-order valence-electron chi connectivity index (χ0n) is 14.3. The molecule has 24 heavy (non-hydrogen) atoms. The van der Waals surface area contributed by atoms with Gasteiger partial charge in [0.25, 0.3) is 5.91 Å². The molecule has 0 spiro atoms. The first kappa shape index (κ1) is 18.3. The number of nitrogens with one attached hydrogen (secondary N) is 2. The first-order valence-corrected chi connectivity index (χ1v) is 8.69. The molecule has 1 aliphatic rings. The van der Waals surface area contributed by atoms with Crippen LogP contribution in [-0.4, -0.2) is 49.5 Å². The summed E-state index contributed by atoms with van der Waals surface area (Å²) in [6.45, 7) is 5.62. The van der Waals surface area contributed by atoms with E-state index in [4.69, 9.17) is 4.74 Å². The first-order valence-electron chi connectivity index (χ1n) is 8.69. The number of hydrogen-bond acceptors (Lipinski definition) is 4. The quantitative estimate of drug-likeness (QED) is 0.763. The van der Waals surface area contributed by atoms with E-state index in [1.807, 2.05) is 0 Å². The maximum Gasteiger partial charge on any atom is 0.257 e. The molecule has 1 aromatic rings. The predicted octanol–water partition coefficient (Wildman–Crippen LogP) is 2.02. The van der Waals surface area contributed by atoms with Crippen LogP contribution >= 0.6 is 0 Å². The summed E-state index contributed by atoms with van der Waals surface area (Å²) >= 11 is 0. The maximum absolute atomic E-state index is 11.8. The van der Waals surface area contributed by atoms with Crippen LogP contribution in [0.5, 0.6) is 5.75 Å². The van der Waals surface area contributed by atoms with Gasteiger partial charge in [0.15, 0.2) is 6.61 Å². The largest absolute Gasteiger partial charge is 0.484 e. The summed E-state index contributed by atoms with van der Waals surface area (Å²) in [6, 6.07) is 7.01. The molecule has 1 saturated heterocycles. The van der Waals surface area contributed by atoms with Crippen LogP contribution in [0.1, 0.15) is 32.6 Å². The molecule has 1 fully saturated rings. The van der Waals surface area contributed by atoms with Crippen molar-refractivity contribution in [3.8, 4) is 5.75 Å². The monoisotopic (exact) mass is 333 g/mol. The zero-order chi connectivity index (χ0) is 17.2. The van der Waals surface area contributed by atoms with E-state index in [-0.39, 0.29) is 18.4 Å². The Bertz CT molecular complexity index is 525. The highest BCUT2D eigenvalue weighted by atomic mass is 16.5. The summed E-state index contributed by atoms with van der Waals surface area (Å²) < 4.78 is 5.46. The van der Waals surface area contributed by atoms with Gasteiger partial charge < -0.3 is 20.3 Å². The van der Waals surface area contributed by atoms with Crippen LogP contribution < -0.4 is 15.4 Å². The number of hydrogen-bond donors (Lipinski definition) is 2. The van der Waals surface area contributed by atoms with E-state index in [2.05, 4.69) is 15.5 Å². The standard InChI is InChI=1S/C18H27N3O3/c1-2-17(22)20-15-6-8-16(9-7-15)24-14-18(23)19-10-13-21-11-4-3-5-12-21/h6-9H,2-5,10-14H2,1H3,(H,19,23)(H,20,22). The fraction of sp³-hybridized carbons (Fsp3) is 0.556. The molecule has 2 amide bonds. The third kappa shape index (κ3) is 6.58. The second-order valence-corrected chi connectivity index (χ2v) is 5.97. The van der Waals surface area contributed by atoms with Crippen molar-refractivity contribution in [2.45, 2.75) is 32.6 Å². The summed E-state index contributed by atoms with van der Waals surface area (Å²) in [4.78, 5) is 25.5. The Morgan fingerprint density at radius 3 is 2.46 bits per heavy atom. The van der Waals surface area contributed by atoms with Crippen LogP contribution in [0.4, 0.5) is 5.69 Å². The van der Waals surface area contributed by atoms with Gasteiger partial charge in [0, 0.05) is 25.2 Å². The third-order valence-corrected chi connectivity index (χ3v) is 4.03. The molecule has 1 aromatic carbocycles. The van der Waals surface area contributed by atoms with E-state index in [9.17, 15) is 9.59 Å². The van der Waals surface area contributed by atoms with E-state index in [1.165, 1.54) is 19.3 Å². The Labute approximate surface area is 143 Å². The maximum atomic E-state index is 11.8. The molecule has 1 aliphatic heterocycles. The average Bonchev–Trinajstić information content (AvgIpc) is 2.62. The van der Waals surface area contributed by atoms with Crippen LogP contribution in [0.15, 0.2) is 24.3 Å². The molecular formula is C18H27N3O3. The molecule has 6 nitrogen and oxygen atoms in total. The SMILES string of the molecule is CCC(=O)Nc1ccc(OCC(=O)NCCN2CCCCC2)cc1. The van der Waals surface area contributed by atoms with Gasteiger partial charge in [-0.3, -0.25) is 9.59 Å². The van der Waals surface area contributed by atoms with Crippen molar-refractivity contribution in [1.82, 2.24) is 10.2 Å². The summed E-state index contributed by atoms with van der Waals surface area (Å²) in [5.41, 5.74) is 0.722. The van der Waals surface area contributed by atoms with Gasteiger partial charge in [-0.15, -0.1) is 0 Å². The minimum absolute atomic E-state index is 0.000661. The molecular weight excluding hydrogens is 306 g/mol. The normalized spacial score (nSPS) is 14.9. The van der Waals surface area contributed by atoms with Crippen molar-refractivity contribution in [3.05, 3.63) is 24.3 Å². The highest BCUT2D eigenvalue weighted by Gasteiger charge is 2.10. The molecule has 0 aliphatic carbocycles. The van der Waals surface area contributed by atoms with Crippen LogP contribution in [-0.2, 0) is 9.59 Å². The molecule has 0 unspecified atom stereocenters. The zero-order valence-corrected chi connectivity index (χ0v) is 14.3. The van der Waals surface area contributed by atoms with Gasteiger partial charge in [-0.25, -0.2) is 0 Å². The van der Waals surface area contributed by atoms with Gasteiger partial charge in [-0.05, 0) is 50.2 Å². The van der Waals surface area contributed by atoms with E-state index in [0.29, 0.717) is 18.7 Å². The van der Waals surface area contributed by atoms with E-state index < -0.39 is 0 Å². The molecule has 0 radical (unpaired) electrons. The number of rotatable bonds is 8. The van der Waals surface area contributed by atoms with Crippen LogP contribution in [0, 0.1) is 0 Å². The van der Waals surface area contributed by atoms with Crippen molar-refractivity contribution in [1.29, 1.82) is 0 Å². The van der Waals surface area contributed by atoms with Crippen LogP contribution in [0.2, 0.25) is 0 Å². The lowest BCUT2D eigenvalue weighted by atomic mass is 10.1. The first-order chi connectivity index (χ1) is 11.7. The molecule has 2 N–H and O–H groups in total. The molecule has 2 rings (SSSR count). The van der Waals surface area contributed by atoms with Crippen molar-refractivity contribution in [2.75, 3.05) is 38.1 Å². The number of likely N-dealkylation sites (tertiary alicyclic amines) is 1.